The summed E-state index contributed by atoms with van der Waals surface area (Å²) in [4.78, 5) is 37.0. The van der Waals surface area contributed by atoms with Gasteiger partial charge in [-0.3, -0.25) is 14.4 Å². The number of allylic oxidation sites excluding steroid dienone is 4. The zero-order chi connectivity index (χ0) is 23.3. The lowest BCUT2D eigenvalue weighted by Gasteiger charge is -2.22. The van der Waals surface area contributed by atoms with Gasteiger partial charge in [-0.2, -0.15) is 0 Å². The number of nitrogens with two attached hydrogens (primary N) is 1. The van der Waals surface area contributed by atoms with Gasteiger partial charge in [0.05, 0.1) is 6.04 Å². The van der Waals surface area contributed by atoms with Crippen LogP contribution in [0.3, 0.4) is 0 Å². The maximum absolute atomic E-state index is 12.5. The molecule has 0 saturated carbocycles. The minimum absolute atomic E-state index is 0.110. The van der Waals surface area contributed by atoms with Crippen LogP contribution in [0.25, 0.3) is 0 Å². The lowest BCUT2D eigenvalue weighted by Crippen LogP contribution is -2.51. The van der Waals surface area contributed by atoms with E-state index in [-0.39, 0.29) is 23.6 Å². The third-order valence-electron chi connectivity index (χ3n) is 5.67. The molecule has 0 spiro atoms. The second-order valence-corrected chi connectivity index (χ2v) is 8.13. The highest BCUT2D eigenvalue weighted by atomic mass is 16.2. The van der Waals surface area contributed by atoms with Gasteiger partial charge >= 0.3 is 0 Å². The van der Waals surface area contributed by atoms with Gasteiger partial charge in [-0.15, -0.1) is 0 Å². The first-order chi connectivity index (χ1) is 15.4. The number of benzene rings is 1. The van der Waals surface area contributed by atoms with Crippen LogP contribution in [0.5, 0.6) is 0 Å². The smallest absolute Gasteiger partial charge is 0.251 e. The standard InChI is InChI=1S/C25H36N4O3/c1-3-18-12-14-20(15-13-18)23(30)28-16-8-7-11-22(25(32)27-2)29-24(31)21(26)17-19-9-5-4-6-10-19/h4-6,9,12-15,19,21-22H,3,7-8,10-11,16-17,26H2,1-2H3,(H,27,32)(H,28,30)(H,29,31). The van der Waals surface area contributed by atoms with Crippen molar-refractivity contribution in [2.45, 2.75) is 57.5 Å². The summed E-state index contributed by atoms with van der Waals surface area (Å²) in [5.74, 6) is -0.432. The van der Waals surface area contributed by atoms with Crippen LogP contribution in [0.2, 0.25) is 0 Å². The van der Waals surface area contributed by atoms with Gasteiger partial charge in [0.15, 0.2) is 0 Å². The second-order valence-electron chi connectivity index (χ2n) is 8.13. The molecule has 0 fully saturated rings. The van der Waals surface area contributed by atoms with E-state index in [2.05, 4.69) is 35.0 Å². The van der Waals surface area contributed by atoms with Gasteiger partial charge in [0.1, 0.15) is 6.04 Å². The predicted molar refractivity (Wildman–Crippen MR) is 127 cm³/mol. The minimum atomic E-state index is -0.665. The molecule has 1 aliphatic carbocycles. The summed E-state index contributed by atoms with van der Waals surface area (Å²) in [7, 11) is 1.55. The Bertz CT molecular complexity index is 817. The van der Waals surface area contributed by atoms with E-state index < -0.39 is 12.1 Å². The third kappa shape index (κ3) is 8.30. The molecule has 3 unspecified atom stereocenters. The Labute approximate surface area is 190 Å². The topological polar surface area (TPSA) is 113 Å². The Hall–Kier alpha value is -2.93. The monoisotopic (exact) mass is 440 g/mol. The Balaban J connectivity index is 1.73. The van der Waals surface area contributed by atoms with Gasteiger partial charge in [-0.25, -0.2) is 0 Å². The Morgan fingerprint density at radius 2 is 1.84 bits per heavy atom. The summed E-state index contributed by atoms with van der Waals surface area (Å²) in [6, 6.07) is 6.26. The molecule has 1 aliphatic rings. The van der Waals surface area contributed by atoms with Crippen molar-refractivity contribution in [2.24, 2.45) is 11.7 Å². The number of unbranched alkanes of at least 4 members (excludes halogenated alkanes) is 1. The van der Waals surface area contributed by atoms with Crippen molar-refractivity contribution in [3.05, 3.63) is 59.7 Å². The largest absolute Gasteiger partial charge is 0.357 e. The van der Waals surface area contributed by atoms with Crippen molar-refractivity contribution in [3.63, 3.8) is 0 Å². The van der Waals surface area contributed by atoms with Crippen molar-refractivity contribution in [3.8, 4) is 0 Å². The molecule has 7 heteroatoms. The number of aryl methyl sites for hydroxylation is 1. The summed E-state index contributed by atoms with van der Waals surface area (Å²) in [6.45, 7) is 2.58. The lowest BCUT2D eigenvalue weighted by atomic mass is 9.93. The predicted octanol–water partition coefficient (Wildman–Crippen LogP) is 2.23. The van der Waals surface area contributed by atoms with E-state index in [0.717, 1.165) is 12.8 Å². The molecule has 3 atom stereocenters. The maximum atomic E-state index is 12.5. The normalized spacial score (nSPS) is 16.8. The van der Waals surface area contributed by atoms with Crippen molar-refractivity contribution < 1.29 is 14.4 Å². The van der Waals surface area contributed by atoms with Gasteiger partial charge in [0.2, 0.25) is 11.8 Å². The maximum Gasteiger partial charge on any atom is 0.251 e. The average Bonchev–Trinajstić information content (AvgIpc) is 2.82. The molecule has 0 bridgehead atoms. The first-order valence-corrected chi connectivity index (χ1v) is 11.4. The minimum Gasteiger partial charge on any atom is -0.357 e. The van der Waals surface area contributed by atoms with E-state index >= 15 is 0 Å². The molecular weight excluding hydrogens is 404 g/mol. The fraction of sp³-hybridized carbons (Fsp3) is 0.480. The molecule has 1 aromatic carbocycles. The highest BCUT2D eigenvalue weighted by molar-refractivity contribution is 5.94. The van der Waals surface area contributed by atoms with Crippen LogP contribution in [0, 0.1) is 5.92 Å². The summed E-state index contributed by atoms with van der Waals surface area (Å²) >= 11 is 0. The first-order valence-electron chi connectivity index (χ1n) is 11.4. The van der Waals surface area contributed by atoms with Crippen LogP contribution in [0.1, 0.15) is 54.9 Å². The van der Waals surface area contributed by atoms with Crippen LogP contribution < -0.4 is 21.7 Å². The molecule has 174 valence electrons. The number of likely N-dealkylation sites (N-methyl/N-ethyl adjacent to an activating group) is 1. The number of hydrogen-bond acceptors (Lipinski definition) is 4. The number of carbonyl (C=O) groups is 3. The molecule has 3 amide bonds. The van der Waals surface area contributed by atoms with Crippen LogP contribution in [-0.4, -0.2) is 43.4 Å². The van der Waals surface area contributed by atoms with Crippen molar-refractivity contribution in [1.82, 2.24) is 16.0 Å². The molecule has 7 nitrogen and oxygen atoms in total. The van der Waals surface area contributed by atoms with Gasteiger partial charge in [-0.05, 0) is 62.1 Å². The van der Waals surface area contributed by atoms with Gasteiger partial charge in [-0.1, -0.05) is 43.4 Å². The lowest BCUT2D eigenvalue weighted by molar-refractivity contribution is -0.129. The number of hydrogen-bond donors (Lipinski definition) is 4. The molecule has 0 saturated heterocycles. The van der Waals surface area contributed by atoms with E-state index in [1.165, 1.54) is 5.56 Å². The molecule has 1 aromatic rings. The SMILES string of the molecule is CCc1ccc(C(=O)NCCCCC(NC(=O)C(N)CC2C=CC=CC2)C(=O)NC)cc1. The highest BCUT2D eigenvalue weighted by Gasteiger charge is 2.24. The second kappa shape index (κ2) is 13.5. The fourth-order valence-corrected chi connectivity index (χ4v) is 3.63. The zero-order valence-electron chi connectivity index (χ0n) is 19.1. The molecule has 0 aromatic heterocycles. The highest BCUT2D eigenvalue weighted by Crippen LogP contribution is 2.17. The van der Waals surface area contributed by atoms with Crippen LogP contribution >= 0.6 is 0 Å². The third-order valence-corrected chi connectivity index (χ3v) is 5.67. The molecule has 0 aliphatic heterocycles. The number of carbonyl (C=O) groups excluding carboxylic acids is 3. The summed E-state index contributed by atoms with van der Waals surface area (Å²) < 4.78 is 0. The Morgan fingerprint density at radius 1 is 1.09 bits per heavy atom. The van der Waals surface area contributed by atoms with Crippen LogP contribution in [0.4, 0.5) is 0 Å². The van der Waals surface area contributed by atoms with E-state index in [1.54, 1.807) is 7.05 Å². The van der Waals surface area contributed by atoms with Crippen LogP contribution in [0.15, 0.2) is 48.6 Å². The molecular formula is C25H36N4O3. The van der Waals surface area contributed by atoms with E-state index in [0.29, 0.717) is 37.8 Å². The van der Waals surface area contributed by atoms with E-state index in [4.69, 9.17) is 5.73 Å². The van der Waals surface area contributed by atoms with Crippen LogP contribution in [-0.2, 0) is 16.0 Å². The zero-order valence-corrected chi connectivity index (χ0v) is 19.1. The molecule has 0 heterocycles. The van der Waals surface area contributed by atoms with Gasteiger partial charge < -0.3 is 21.7 Å². The van der Waals surface area contributed by atoms with Crippen molar-refractivity contribution in [2.75, 3.05) is 13.6 Å². The summed E-state index contributed by atoms with van der Waals surface area (Å²) in [5, 5.41) is 8.28. The van der Waals surface area contributed by atoms with Gasteiger partial charge in [0, 0.05) is 19.2 Å². The molecule has 32 heavy (non-hydrogen) atoms. The number of nitrogens with one attached hydrogen (secondary N) is 3. The average molecular weight is 441 g/mol. The number of rotatable bonds is 12. The van der Waals surface area contributed by atoms with Gasteiger partial charge in [0.25, 0.3) is 5.91 Å². The van der Waals surface area contributed by atoms with E-state index in [9.17, 15) is 14.4 Å². The Morgan fingerprint density at radius 3 is 2.47 bits per heavy atom. The summed E-state index contributed by atoms with van der Waals surface area (Å²) in [6.07, 6.45) is 12.3. The molecule has 5 N–H and O–H groups in total. The van der Waals surface area contributed by atoms with Crippen molar-refractivity contribution >= 4 is 17.7 Å². The molecule has 2 rings (SSSR count). The summed E-state index contributed by atoms with van der Waals surface area (Å²) in [5.41, 5.74) is 7.90. The Kier molecular flexibility index (Phi) is 10.7. The fourth-order valence-electron chi connectivity index (χ4n) is 3.63. The van der Waals surface area contributed by atoms with E-state index in [1.807, 2.05) is 36.4 Å². The number of amides is 3. The quantitative estimate of drug-likeness (QED) is 0.373. The molecule has 0 radical (unpaired) electrons. The first kappa shape index (κ1) is 25.3. The van der Waals surface area contributed by atoms with Crippen molar-refractivity contribution in [1.29, 1.82) is 0 Å².